The highest BCUT2D eigenvalue weighted by atomic mass is 79.9. The summed E-state index contributed by atoms with van der Waals surface area (Å²) in [4.78, 5) is 48.5. The van der Waals surface area contributed by atoms with E-state index in [0.29, 0.717) is 58.0 Å². The number of piperazine rings is 1. The fourth-order valence-corrected chi connectivity index (χ4v) is 8.49. The van der Waals surface area contributed by atoms with Crippen LogP contribution in [0.15, 0.2) is 51.4 Å². The lowest BCUT2D eigenvalue weighted by Gasteiger charge is -2.41. The Labute approximate surface area is 282 Å². The summed E-state index contributed by atoms with van der Waals surface area (Å²) in [6.07, 6.45) is 3.29. The highest BCUT2D eigenvalue weighted by Crippen LogP contribution is 2.26. The number of para-hydroxylation sites is 1. The molecule has 4 heterocycles. The summed E-state index contributed by atoms with van der Waals surface area (Å²) in [7, 11) is 0. The van der Waals surface area contributed by atoms with Crippen molar-refractivity contribution < 1.29 is 19.1 Å². The van der Waals surface area contributed by atoms with Gasteiger partial charge < -0.3 is 30.1 Å². The van der Waals surface area contributed by atoms with Crippen molar-refractivity contribution in [3.63, 3.8) is 0 Å². The molecule has 2 aromatic rings. The molecule has 0 bridgehead atoms. The third-order valence-corrected chi connectivity index (χ3v) is 10.5. The SMILES string of the molecule is O=C(OC(Cc1cc(Br)cc(Br)c1)C(=O)N1CCN(C2CCNCC2)CC1)N1CCC(N2CCc3ccccc3NC2=O)CC1. The van der Waals surface area contributed by atoms with Crippen molar-refractivity contribution in [1.29, 1.82) is 0 Å². The van der Waals surface area contributed by atoms with Crippen LogP contribution in [0.25, 0.3) is 0 Å². The number of fused-ring (bicyclic) bond motifs is 1. The van der Waals surface area contributed by atoms with Gasteiger partial charge in [-0.05, 0) is 80.6 Å². The van der Waals surface area contributed by atoms with Crippen LogP contribution in [0.3, 0.4) is 0 Å². The number of piperidine rings is 2. The molecule has 3 fully saturated rings. The van der Waals surface area contributed by atoms with Crippen molar-refractivity contribution in [3.8, 4) is 0 Å². The molecule has 3 saturated heterocycles. The molecule has 0 saturated carbocycles. The summed E-state index contributed by atoms with van der Waals surface area (Å²) in [6, 6.07) is 14.3. The van der Waals surface area contributed by atoms with Crippen LogP contribution in [-0.4, -0.2) is 115 Å². The van der Waals surface area contributed by atoms with Crippen LogP contribution in [0.2, 0.25) is 0 Å². The van der Waals surface area contributed by atoms with E-state index in [0.717, 1.165) is 71.2 Å². The van der Waals surface area contributed by atoms with Crippen LogP contribution in [0.5, 0.6) is 0 Å². The number of anilines is 1. The number of hydrogen-bond acceptors (Lipinski definition) is 6. The number of hydrogen-bond donors (Lipinski definition) is 2. The van der Waals surface area contributed by atoms with Crippen molar-refractivity contribution in [1.82, 2.24) is 24.9 Å². The molecular formula is C33H42Br2N6O4. The molecule has 2 N–H and O–H groups in total. The van der Waals surface area contributed by atoms with E-state index in [1.54, 1.807) is 4.90 Å². The number of amides is 4. The number of nitrogens with one attached hydrogen (secondary N) is 2. The number of carbonyl (C=O) groups is 3. The molecule has 6 rings (SSSR count). The van der Waals surface area contributed by atoms with Crippen molar-refractivity contribution in [2.45, 2.75) is 56.7 Å². The van der Waals surface area contributed by atoms with Crippen molar-refractivity contribution in [2.24, 2.45) is 0 Å². The van der Waals surface area contributed by atoms with Gasteiger partial charge in [0.25, 0.3) is 5.91 Å². The van der Waals surface area contributed by atoms with Crippen LogP contribution < -0.4 is 10.6 Å². The van der Waals surface area contributed by atoms with Gasteiger partial charge in [-0.25, -0.2) is 9.59 Å². The molecule has 4 amide bonds. The van der Waals surface area contributed by atoms with E-state index in [1.807, 2.05) is 46.2 Å². The number of nitrogens with zero attached hydrogens (tertiary/aromatic N) is 4. The molecule has 4 aliphatic heterocycles. The van der Waals surface area contributed by atoms with Gasteiger partial charge in [0.05, 0.1) is 0 Å². The zero-order valence-electron chi connectivity index (χ0n) is 25.6. The lowest BCUT2D eigenvalue weighted by molar-refractivity contribution is -0.143. The smallest absolute Gasteiger partial charge is 0.410 e. The normalized spacial score (nSPS) is 21.1. The Bertz CT molecular complexity index is 1350. The average Bonchev–Trinajstić information content (AvgIpc) is 3.22. The highest BCUT2D eigenvalue weighted by molar-refractivity contribution is 9.11. The molecule has 0 aromatic heterocycles. The summed E-state index contributed by atoms with van der Waals surface area (Å²) in [5, 5.41) is 6.48. The largest absolute Gasteiger partial charge is 0.436 e. The molecule has 45 heavy (non-hydrogen) atoms. The Morgan fingerprint density at radius 1 is 0.844 bits per heavy atom. The number of ether oxygens (including phenoxy) is 1. The van der Waals surface area contributed by atoms with Gasteiger partial charge >= 0.3 is 12.1 Å². The van der Waals surface area contributed by atoms with Gasteiger partial charge in [0.15, 0.2) is 6.10 Å². The lowest BCUT2D eigenvalue weighted by Crippen LogP contribution is -2.56. The third-order valence-electron chi connectivity index (χ3n) is 9.62. The first-order valence-electron chi connectivity index (χ1n) is 16.1. The zero-order valence-corrected chi connectivity index (χ0v) is 28.7. The molecule has 10 nitrogen and oxygen atoms in total. The summed E-state index contributed by atoms with van der Waals surface area (Å²) in [5.41, 5.74) is 2.91. The Balaban J connectivity index is 1.07. The molecule has 1 atom stereocenters. The van der Waals surface area contributed by atoms with Gasteiger partial charge in [-0.15, -0.1) is 0 Å². The van der Waals surface area contributed by atoms with Gasteiger partial charge in [-0.1, -0.05) is 50.1 Å². The number of likely N-dealkylation sites (tertiary alicyclic amines) is 1. The topological polar surface area (TPSA) is 97.5 Å². The molecule has 12 heteroatoms. The quantitative estimate of drug-likeness (QED) is 0.445. The number of urea groups is 1. The molecular weight excluding hydrogens is 704 g/mol. The number of benzene rings is 2. The van der Waals surface area contributed by atoms with E-state index < -0.39 is 12.2 Å². The second-order valence-corrected chi connectivity index (χ2v) is 14.3. The van der Waals surface area contributed by atoms with Gasteiger partial charge in [-0.2, -0.15) is 0 Å². The lowest BCUT2D eigenvalue weighted by atomic mass is 10.0. The number of halogens is 2. The van der Waals surface area contributed by atoms with E-state index in [1.165, 1.54) is 0 Å². The van der Waals surface area contributed by atoms with Gasteiger partial charge in [-0.3, -0.25) is 9.69 Å². The van der Waals surface area contributed by atoms with Crippen molar-refractivity contribution in [3.05, 3.63) is 62.5 Å². The maximum absolute atomic E-state index is 13.9. The molecule has 1 unspecified atom stereocenters. The van der Waals surface area contributed by atoms with Gasteiger partial charge in [0.2, 0.25) is 0 Å². The Morgan fingerprint density at radius 3 is 2.24 bits per heavy atom. The Kier molecular flexibility index (Phi) is 10.6. The first-order chi connectivity index (χ1) is 21.8. The van der Waals surface area contributed by atoms with Crippen LogP contribution in [-0.2, 0) is 22.4 Å². The second kappa shape index (κ2) is 14.8. The third kappa shape index (κ3) is 8.01. The molecule has 0 radical (unpaired) electrons. The average molecular weight is 747 g/mol. The maximum atomic E-state index is 13.9. The highest BCUT2D eigenvalue weighted by Gasteiger charge is 2.36. The summed E-state index contributed by atoms with van der Waals surface area (Å²) in [5.74, 6) is -0.139. The molecule has 0 spiro atoms. The standard InChI is InChI=1S/C33H42Br2N6O4/c34-25-19-23(20-26(35)22-25)21-30(31(42)39-17-15-38(16-18-39)27-5-10-36-11-6-27)45-33(44)40-12-8-28(9-13-40)41-14-7-24-3-1-2-4-29(24)37-32(41)43/h1-4,19-20,22,27-28,30,36H,5-18,21H2,(H,37,43). The minimum Gasteiger partial charge on any atom is -0.436 e. The second-order valence-electron chi connectivity index (χ2n) is 12.4. The van der Waals surface area contributed by atoms with E-state index in [9.17, 15) is 14.4 Å². The Morgan fingerprint density at radius 2 is 1.53 bits per heavy atom. The van der Waals surface area contributed by atoms with Crippen LogP contribution in [0.1, 0.15) is 36.8 Å². The van der Waals surface area contributed by atoms with E-state index in [-0.39, 0.29) is 18.0 Å². The number of rotatable bonds is 6. The van der Waals surface area contributed by atoms with Crippen molar-refractivity contribution >= 4 is 55.6 Å². The maximum Gasteiger partial charge on any atom is 0.410 e. The van der Waals surface area contributed by atoms with Gasteiger partial charge in [0.1, 0.15) is 0 Å². The van der Waals surface area contributed by atoms with Crippen LogP contribution in [0, 0.1) is 0 Å². The van der Waals surface area contributed by atoms with Crippen LogP contribution in [0.4, 0.5) is 15.3 Å². The fraction of sp³-hybridized carbons (Fsp3) is 0.545. The zero-order chi connectivity index (χ0) is 31.3. The molecule has 0 aliphatic carbocycles. The predicted octanol–water partition coefficient (Wildman–Crippen LogP) is 4.71. The monoisotopic (exact) mass is 744 g/mol. The molecule has 4 aliphatic rings. The first-order valence-corrected chi connectivity index (χ1v) is 17.7. The van der Waals surface area contributed by atoms with Gasteiger partial charge in [0, 0.05) is 79.0 Å². The fourth-order valence-electron chi connectivity index (χ4n) is 7.10. The predicted molar refractivity (Wildman–Crippen MR) is 180 cm³/mol. The summed E-state index contributed by atoms with van der Waals surface area (Å²) < 4.78 is 7.83. The minimum absolute atomic E-state index is 0.0380. The van der Waals surface area contributed by atoms with Crippen molar-refractivity contribution in [2.75, 3.05) is 64.2 Å². The first kappa shape index (κ1) is 32.3. The molecule has 242 valence electrons. The summed E-state index contributed by atoms with van der Waals surface area (Å²) in [6.45, 7) is 6.60. The number of carbonyl (C=O) groups excluding carboxylic acids is 3. The summed E-state index contributed by atoms with van der Waals surface area (Å²) >= 11 is 7.09. The van der Waals surface area contributed by atoms with E-state index in [4.69, 9.17) is 4.74 Å². The Hall–Kier alpha value is -2.67. The van der Waals surface area contributed by atoms with E-state index in [2.05, 4.69) is 53.5 Å². The minimum atomic E-state index is -0.920. The molecule has 2 aromatic carbocycles. The van der Waals surface area contributed by atoms with Crippen LogP contribution >= 0.6 is 31.9 Å². The van der Waals surface area contributed by atoms with E-state index >= 15 is 0 Å².